The SMILES string of the molecule is Fc1ccc(-c2cccc3cccc(-c4cccc(N(c5cccc(-c6ccc7oc8ccccc8c7c6)c5)c5cc(-c6ccccc6)cc(-c6ccccc6)c5)c4)c23)cc1. The van der Waals surface area contributed by atoms with Crippen LogP contribution in [0.3, 0.4) is 0 Å². The van der Waals surface area contributed by atoms with E-state index in [1.165, 1.54) is 12.1 Å². The highest BCUT2D eigenvalue weighted by Crippen LogP contribution is 2.44. The molecule has 2 nitrogen and oxygen atoms in total. The van der Waals surface area contributed by atoms with E-state index in [0.29, 0.717) is 0 Å². The van der Waals surface area contributed by atoms with Crippen molar-refractivity contribution in [3.8, 4) is 55.6 Å². The highest BCUT2D eigenvalue weighted by molar-refractivity contribution is 6.08. The standard InChI is InChI=1S/C58H38FNO/c59-48-30-27-41(28-31-48)52-24-11-17-42-18-12-25-53(58(42)52)45-20-10-22-50(35-45)60(51-36-46(39-13-3-1-4-14-39)33-47(37-51)40-15-5-2-6-16-40)49-21-9-19-43(34-49)44-29-32-57-55(38-44)54-23-7-8-26-56(54)61-57/h1-38H. The van der Waals surface area contributed by atoms with E-state index in [9.17, 15) is 4.39 Å². The van der Waals surface area contributed by atoms with Gasteiger partial charge in [0.1, 0.15) is 17.0 Å². The second-order valence-corrected chi connectivity index (χ2v) is 15.5. The summed E-state index contributed by atoms with van der Waals surface area (Å²) in [5, 5.41) is 4.46. The Morgan fingerprint density at radius 1 is 0.311 bits per heavy atom. The van der Waals surface area contributed by atoms with Gasteiger partial charge >= 0.3 is 0 Å². The van der Waals surface area contributed by atoms with E-state index in [4.69, 9.17) is 4.42 Å². The molecular weight excluding hydrogens is 746 g/mol. The number of fused-ring (bicyclic) bond motifs is 4. The van der Waals surface area contributed by atoms with E-state index in [2.05, 4.69) is 199 Å². The third kappa shape index (κ3) is 6.82. The predicted molar refractivity (Wildman–Crippen MR) is 253 cm³/mol. The quantitative estimate of drug-likeness (QED) is 0.153. The minimum absolute atomic E-state index is 0.247. The number of furan rings is 1. The van der Waals surface area contributed by atoms with Crippen molar-refractivity contribution >= 4 is 49.8 Å². The molecule has 11 aromatic rings. The van der Waals surface area contributed by atoms with E-state index in [-0.39, 0.29) is 5.82 Å². The molecule has 0 N–H and O–H groups in total. The molecular formula is C58H38FNO. The molecule has 0 aliphatic heterocycles. The summed E-state index contributed by atoms with van der Waals surface area (Å²) in [6.07, 6.45) is 0. The van der Waals surface area contributed by atoms with E-state index in [1.807, 2.05) is 24.3 Å². The van der Waals surface area contributed by atoms with Gasteiger partial charge in [0.15, 0.2) is 0 Å². The second-order valence-electron chi connectivity index (χ2n) is 15.5. The number of benzene rings is 10. The maximum absolute atomic E-state index is 14.1. The molecule has 0 saturated heterocycles. The number of anilines is 3. The first kappa shape index (κ1) is 36.1. The molecule has 0 fully saturated rings. The third-order valence-electron chi connectivity index (χ3n) is 11.7. The summed E-state index contributed by atoms with van der Waals surface area (Å²) in [6, 6.07) is 80.1. The monoisotopic (exact) mass is 783 g/mol. The molecule has 0 atom stereocenters. The highest BCUT2D eigenvalue weighted by Gasteiger charge is 2.19. The summed E-state index contributed by atoms with van der Waals surface area (Å²) in [5.74, 6) is -0.247. The van der Waals surface area contributed by atoms with Gasteiger partial charge in [0.05, 0.1) is 0 Å². The number of halogens is 1. The molecule has 0 spiro atoms. The zero-order chi connectivity index (χ0) is 40.7. The Morgan fingerprint density at radius 3 is 1.51 bits per heavy atom. The van der Waals surface area contributed by atoms with Gasteiger partial charge in [-0.1, -0.05) is 158 Å². The maximum Gasteiger partial charge on any atom is 0.135 e. The van der Waals surface area contributed by atoms with Crippen LogP contribution in [0.5, 0.6) is 0 Å². The average molecular weight is 784 g/mol. The number of nitrogens with zero attached hydrogens (tertiary/aromatic N) is 1. The minimum Gasteiger partial charge on any atom is -0.456 e. The van der Waals surface area contributed by atoms with Crippen molar-refractivity contribution in [2.75, 3.05) is 4.90 Å². The predicted octanol–water partition coefficient (Wildman–Crippen LogP) is 16.7. The van der Waals surface area contributed by atoms with Crippen LogP contribution >= 0.6 is 0 Å². The van der Waals surface area contributed by atoms with Gasteiger partial charge in [0.2, 0.25) is 0 Å². The van der Waals surface area contributed by atoms with Gasteiger partial charge in [-0.05, 0) is 139 Å². The molecule has 11 rings (SSSR count). The second kappa shape index (κ2) is 15.3. The maximum atomic E-state index is 14.1. The lowest BCUT2D eigenvalue weighted by molar-refractivity contribution is 0.628. The van der Waals surface area contributed by atoms with Crippen molar-refractivity contribution in [2.24, 2.45) is 0 Å². The number of para-hydroxylation sites is 1. The fraction of sp³-hybridized carbons (Fsp3) is 0. The van der Waals surface area contributed by atoms with E-state index in [0.717, 1.165) is 105 Å². The molecule has 0 unspecified atom stereocenters. The zero-order valence-corrected chi connectivity index (χ0v) is 33.2. The van der Waals surface area contributed by atoms with Crippen LogP contribution in [0.1, 0.15) is 0 Å². The van der Waals surface area contributed by atoms with Gasteiger partial charge in [-0.3, -0.25) is 0 Å². The molecule has 3 heteroatoms. The summed E-state index contributed by atoms with van der Waals surface area (Å²) in [6.45, 7) is 0. The number of hydrogen-bond acceptors (Lipinski definition) is 2. The summed E-state index contributed by atoms with van der Waals surface area (Å²) >= 11 is 0. The summed E-state index contributed by atoms with van der Waals surface area (Å²) in [4.78, 5) is 2.38. The van der Waals surface area contributed by atoms with Gasteiger partial charge in [-0.15, -0.1) is 0 Å². The van der Waals surface area contributed by atoms with Crippen LogP contribution in [0.15, 0.2) is 235 Å². The van der Waals surface area contributed by atoms with E-state index >= 15 is 0 Å². The Bertz CT molecular complexity index is 3310. The van der Waals surface area contributed by atoms with Crippen molar-refractivity contribution in [2.45, 2.75) is 0 Å². The first-order chi connectivity index (χ1) is 30.1. The summed E-state index contributed by atoms with van der Waals surface area (Å²) in [5.41, 5.74) is 15.8. The van der Waals surface area contributed by atoms with Crippen LogP contribution < -0.4 is 4.90 Å². The molecule has 1 aromatic heterocycles. The van der Waals surface area contributed by atoms with E-state index < -0.39 is 0 Å². The lowest BCUT2D eigenvalue weighted by Gasteiger charge is -2.28. The molecule has 0 aliphatic carbocycles. The van der Waals surface area contributed by atoms with E-state index in [1.54, 1.807) is 0 Å². The Balaban J connectivity index is 1.12. The summed E-state index contributed by atoms with van der Waals surface area (Å²) < 4.78 is 20.3. The molecule has 10 aromatic carbocycles. The molecule has 0 bridgehead atoms. The first-order valence-electron chi connectivity index (χ1n) is 20.6. The van der Waals surface area contributed by atoms with Crippen molar-refractivity contribution < 1.29 is 8.81 Å². The van der Waals surface area contributed by atoms with Crippen molar-refractivity contribution in [1.82, 2.24) is 0 Å². The molecule has 61 heavy (non-hydrogen) atoms. The molecule has 0 saturated carbocycles. The third-order valence-corrected chi connectivity index (χ3v) is 11.7. The Morgan fingerprint density at radius 2 is 0.820 bits per heavy atom. The molecule has 0 radical (unpaired) electrons. The smallest absolute Gasteiger partial charge is 0.135 e. The average Bonchev–Trinajstić information content (AvgIpc) is 3.70. The molecule has 288 valence electrons. The lowest BCUT2D eigenvalue weighted by Crippen LogP contribution is -2.10. The Labute approximate surface area is 354 Å². The van der Waals surface area contributed by atoms with Crippen molar-refractivity contribution in [3.63, 3.8) is 0 Å². The lowest BCUT2D eigenvalue weighted by atomic mass is 9.91. The molecule has 0 aliphatic rings. The topological polar surface area (TPSA) is 16.4 Å². The molecule has 0 amide bonds. The minimum atomic E-state index is -0.247. The first-order valence-corrected chi connectivity index (χ1v) is 20.6. The van der Waals surface area contributed by atoms with Crippen LogP contribution in [-0.2, 0) is 0 Å². The normalized spacial score (nSPS) is 11.4. The Kier molecular flexibility index (Phi) is 9.05. The zero-order valence-electron chi connectivity index (χ0n) is 33.2. The van der Waals surface area contributed by atoms with Crippen LogP contribution in [0, 0.1) is 5.82 Å². The van der Waals surface area contributed by atoms with Gasteiger partial charge in [-0.25, -0.2) is 4.39 Å². The van der Waals surface area contributed by atoms with Crippen LogP contribution in [0.2, 0.25) is 0 Å². The van der Waals surface area contributed by atoms with Crippen LogP contribution in [-0.4, -0.2) is 0 Å². The largest absolute Gasteiger partial charge is 0.456 e. The number of rotatable bonds is 8. The summed E-state index contributed by atoms with van der Waals surface area (Å²) in [7, 11) is 0. The van der Waals surface area contributed by atoms with Gasteiger partial charge < -0.3 is 9.32 Å². The highest BCUT2D eigenvalue weighted by atomic mass is 19.1. The fourth-order valence-corrected chi connectivity index (χ4v) is 8.78. The fourth-order valence-electron chi connectivity index (χ4n) is 8.78. The van der Waals surface area contributed by atoms with Gasteiger partial charge in [-0.2, -0.15) is 0 Å². The molecule has 1 heterocycles. The van der Waals surface area contributed by atoms with Crippen LogP contribution in [0.25, 0.3) is 88.3 Å². The van der Waals surface area contributed by atoms with Gasteiger partial charge in [0.25, 0.3) is 0 Å². The van der Waals surface area contributed by atoms with Gasteiger partial charge in [0, 0.05) is 27.8 Å². The Hall–Kier alpha value is -8.01. The van der Waals surface area contributed by atoms with Crippen molar-refractivity contribution in [1.29, 1.82) is 0 Å². The van der Waals surface area contributed by atoms with Crippen LogP contribution in [0.4, 0.5) is 21.5 Å². The van der Waals surface area contributed by atoms with Crippen molar-refractivity contribution in [3.05, 3.63) is 236 Å². The number of hydrogen-bond donors (Lipinski definition) is 0.